The predicted molar refractivity (Wildman–Crippen MR) is 85.9 cm³/mol. The molecule has 0 bridgehead atoms. The predicted octanol–water partition coefficient (Wildman–Crippen LogP) is 1.65. The molecule has 0 amide bonds. The van der Waals surface area contributed by atoms with Gasteiger partial charge in [0.25, 0.3) is 0 Å². The van der Waals surface area contributed by atoms with E-state index in [4.69, 9.17) is 5.11 Å². The lowest BCUT2D eigenvalue weighted by molar-refractivity contribution is -0.383. The van der Waals surface area contributed by atoms with Crippen molar-refractivity contribution in [2.75, 3.05) is 29.9 Å². The Balaban J connectivity index is 2.45. The number of pyridine rings is 1. The average molecular weight is 318 g/mol. The molecule has 2 rings (SSSR count). The lowest BCUT2D eigenvalue weighted by atomic mass is 10.3. The van der Waals surface area contributed by atoms with Gasteiger partial charge in [-0.1, -0.05) is 6.07 Å². The van der Waals surface area contributed by atoms with E-state index in [1.54, 1.807) is 17.0 Å². The summed E-state index contributed by atoms with van der Waals surface area (Å²) in [5, 5.41) is 23.5. The van der Waals surface area contributed by atoms with Crippen LogP contribution in [0.2, 0.25) is 0 Å². The molecule has 0 atom stereocenters. The zero-order valence-electron chi connectivity index (χ0n) is 12.9. The summed E-state index contributed by atoms with van der Waals surface area (Å²) < 4.78 is 0. The van der Waals surface area contributed by atoms with Crippen LogP contribution in [0.4, 0.5) is 23.1 Å². The third kappa shape index (κ3) is 3.89. The highest BCUT2D eigenvalue weighted by atomic mass is 16.6. The summed E-state index contributed by atoms with van der Waals surface area (Å²) in [5.41, 5.74) is 0.536. The highest BCUT2D eigenvalue weighted by molar-refractivity contribution is 5.73. The number of hydrogen-bond donors (Lipinski definition) is 2. The summed E-state index contributed by atoms with van der Waals surface area (Å²) in [5.74, 6) is 0.689. The van der Waals surface area contributed by atoms with Crippen molar-refractivity contribution in [3.8, 4) is 0 Å². The lowest BCUT2D eigenvalue weighted by Gasteiger charge is -2.20. The topological polar surface area (TPSA) is 117 Å². The maximum Gasteiger partial charge on any atom is 0.353 e. The lowest BCUT2D eigenvalue weighted by Crippen LogP contribution is -2.28. The molecule has 0 unspecified atom stereocenters. The third-order valence-electron chi connectivity index (χ3n) is 3.17. The first-order valence-electron chi connectivity index (χ1n) is 7.12. The number of anilines is 3. The van der Waals surface area contributed by atoms with Gasteiger partial charge in [-0.3, -0.25) is 10.1 Å². The van der Waals surface area contributed by atoms with E-state index in [1.807, 2.05) is 19.9 Å². The van der Waals surface area contributed by atoms with Crippen LogP contribution in [0.1, 0.15) is 12.6 Å². The minimum atomic E-state index is -0.534. The molecule has 9 heteroatoms. The minimum Gasteiger partial charge on any atom is -0.395 e. The van der Waals surface area contributed by atoms with E-state index in [2.05, 4.69) is 20.3 Å². The smallest absolute Gasteiger partial charge is 0.353 e. The number of hydrogen-bond acceptors (Lipinski definition) is 8. The minimum absolute atomic E-state index is 0.0643. The largest absolute Gasteiger partial charge is 0.395 e. The zero-order valence-corrected chi connectivity index (χ0v) is 12.9. The molecule has 9 nitrogen and oxygen atoms in total. The number of likely N-dealkylation sites (N-methyl/N-ethyl adjacent to an activating group) is 1. The molecule has 0 saturated heterocycles. The van der Waals surface area contributed by atoms with Crippen molar-refractivity contribution in [2.45, 2.75) is 13.8 Å². The fraction of sp³-hybridized carbons (Fsp3) is 0.357. The van der Waals surface area contributed by atoms with Crippen molar-refractivity contribution < 1.29 is 10.0 Å². The Morgan fingerprint density at radius 3 is 2.78 bits per heavy atom. The van der Waals surface area contributed by atoms with Gasteiger partial charge in [-0.25, -0.2) is 15.0 Å². The van der Waals surface area contributed by atoms with Crippen LogP contribution in [-0.2, 0) is 0 Å². The van der Waals surface area contributed by atoms with E-state index in [9.17, 15) is 10.1 Å². The Hall–Kier alpha value is -2.81. The summed E-state index contributed by atoms with van der Waals surface area (Å²) >= 11 is 0. The van der Waals surface area contributed by atoms with Gasteiger partial charge in [-0.05, 0) is 26.0 Å². The molecule has 0 spiro atoms. The van der Waals surface area contributed by atoms with Crippen LogP contribution in [0.15, 0.2) is 24.5 Å². The fourth-order valence-corrected chi connectivity index (χ4v) is 2.13. The first kappa shape index (κ1) is 16.6. The Morgan fingerprint density at radius 2 is 2.17 bits per heavy atom. The molecule has 0 fully saturated rings. The summed E-state index contributed by atoms with van der Waals surface area (Å²) in [4.78, 5) is 24.8. The molecule has 0 aliphatic rings. The molecule has 0 radical (unpaired) electrons. The van der Waals surface area contributed by atoms with Gasteiger partial charge in [0.05, 0.1) is 11.5 Å². The van der Waals surface area contributed by atoms with Crippen LogP contribution in [0.5, 0.6) is 0 Å². The molecule has 23 heavy (non-hydrogen) atoms. The van der Waals surface area contributed by atoms with Crippen molar-refractivity contribution in [3.63, 3.8) is 0 Å². The quantitative estimate of drug-likeness (QED) is 0.584. The Labute approximate surface area is 133 Å². The second-order valence-corrected chi connectivity index (χ2v) is 4.74. The number of aryl methyl sites for hydroxylation is 1. The molecule has 0 saturated carbocycles. The highest BCUT2D eigenvalue weighted by Gasteiger charge is 2.26. The van der Waals surface area contributed by atoms with Crippen molar-refractivity contribution in [2.24, 2.45) is 0 Å². The second-order valence-electron chi connectivity index (χ2n) is 4.74. The second kappa shape index (κ2) is 7.45. The van der Waals surface area contributed by atoms with Gasteiger partial charge in [-0.2, -0.15) is 0 Å². The van der Waals surface area contributed by atoms with E-state index < -0.39 is 4.92 Å². The van der Waals surface area contributed by atoms with Crippen LogP contribution < -0.4 is 10.2 Å². The van der Waals surface area contributed by atoms with E-state index in [0.717, 1.165) is 5.69 Å². The van der Waals surface area contributed by atoms with Crippen LogP contribution in [-0.4, -0.2) is 44.7 Å². The zero-order chi connectivity index (χ0) is 16.8. The van der Waals surface area contributed by atoms with Crippen molar-refractivity contribution >= 4 is 23.1 Å². The highest BCUT2D eigenvalue weighted by Crippen LogP contribution is 2.32. The summed E-state index contributed by atoms with van der Waals surface area (Å²) in [7, 11) is 0. The first-order chi connectivity index (χ1) is 11.1. The third-order valence-corrected chi connectivity index (χ3v) is 3.17. The van der Waals surface area contributed by atoms with Gasteiger partial charge in [-0.15, -0.1) is 0 Å². The molecule has 0 aliphatic heterocycles. The van der Waals surface area contributed by atoms with Gasteiger partial charge < -0.3 is 15.3 Å². The number of aliphatic hydroxyl groups is 1. The fourth-order valence-electron chi connectivity index (χ4n) is 2.13. The SMILES string of the molecule is CCN(CCO)c1ncnc(Nc2cccc(C)n2)c1[N+](=O)[O-]. The summed E-state index contributed by atoms with van der Waals surface area (Å²) in [6.45, 7) is 4.25. The van der Waals surface area contributed by atoms with Gasteiger partial charge in [0, 0.05) is 18.8 Å². The van der Waals surface area contributed by atoms with E-state index in [-0.39, 0.29) is 30.5 Å². The Kier molecular flexibility index (Phi) is 5.36. The maximum absolute atomic E-state index is 11.5. The van der Waals surface area contributed by atoms with Crippen molar-refractivity contribution in [1.82, 2.24) is 15.0 Å². The number of aliphatic hydroxyl groups excluding tert-OH is 1. The van der Waals surface area contributed by atoms with Crippen LogP contribution in [0.3, 0.4) is 0 Å². The molecule has 2 N–H and O–H groups in total. The summed E-state index contributed by atoms with van der Waals surface area (Å²) in [6, 6.07) is 5.32. The summed E-state index contributed by atoms with van der Waals surface area (Å²) in [6.07, 6.45) is 1.25. The van der Waals surface area contributed by atoms with E-state index >= 15 is 0 Å². The monoisotopic (exact) mass is 318 g/mol. The van der Waals surface area contributed by atoms with E-state index in [0.29, 0.717) is 12.4 Å². The Bertz CT molecular complexity index is 694. The average Bonchev–Trinajstić information content (AvgIpc) is 2.52. The van der Waals surface area contributed by atoms with Crippen LogP contribution >= 0.6 is 0 Å². The standard InChI is InChI=1S/C14H18N6O3/c1-3-19(7-8-21)14-12(20(22)23)13(15-9-16-14)18-11-6-4-5-10(2)17-11/h4-6,9,21H,3,7-8H2,1-2H3,(H,15,16,17,18). The van der Waals surface area contributed by atoms with E-state index in [1.165, 1.54) is 6.33 Å². The maximum atomic E-state index is 11.5. The first-order valence-corrected chi connectivity index (χ1v) is 7.12. The van der Waals surface area contributed by atoms with Crippen molar-refractivity contribution in [1.29, 1.82) is 0 Å². The number of nitro groups is 1. The van der Waals surface area contributed by atoms with Gasteiger partial charge in [0.1, 0.15) is 12.1 Å². The molecule has 0 aliphatic carbocycles. The van der Waals surface area contributed by atoms with Gasteiger partial charge in [0.15, 0.2) is 0 Å². The van der Waals surface area contributed by atoms with Crippen molar-refractivity contribution in [3.05, 3.63) is 40.3 Å². The number of aromatic nitrogens is 3. The van der Waals surface area contributed by atoms with Crippen LogP contribution in [0.25, 0.3) is 0 Å². The van der Waals surface area contributed by atoms with Gasteiger partial charge >= 0.3 is 5.69 Å². The number of nitrogens with one attached hydrogen (secondary N) is 1. The molecule has 122 valence electrons. The molecule has 2 aromatic rings. The molecule has 0 aromatic carbocycles. The molecular formula is C14H18N6O3. The molecule has 2 aromatic heterocycles. The van der Waals surface area contributed by atoms with Gasteiger partial charge in [0.2, 0.25) is 11.6 Å². The molecular weight excluding hydrogens is 300 g/mol. The number of nitrogens with zero attached hydrogens (tertiary/aromatic N) is 5. The normalized spacial score (nSPS) is 10.4. The number of rotatable bonds is 7. The van der Waals surface area contributed by atoms with Crippen LogP contribution in [0, 0.1) is 17.0 Å². The Morgan fingerprint density at radius 1 is 1.39 bits per heavy atom. The molecule has 2 heterocycles.